The zero-order valence-corrected chi connectivity index (χ0v) is 68.9. The topological polar surface area (TPSA) is 237 Å². The second-order valence-corrected chi connectivity index (χ2v) is 34.2. The first-order chi connectivity index (χ1) is 49.2. The van der Waals surface area contributed by atoms with E-state index >= 15 is 0 Å². The Morgan fingerprint density at radius 1 is 0.265 bits per heavy atom. The average Bonchev–Trinajstić information content (AvgIpc) is 0.913. The van der Waals surface area contributed by atoms with Crippen LogP contribution in [0.25, 0.3) is 0 Å². The van der Waals surface area contributed by atoms with Crippen molar-refractivity contribution >= 4 is 39.5 Å². The van der Waals surface area contributed by atoms with Crippen molar-refractivity contribution in [2.75, 3.05) is 39.6 Å². The summed E-state index contributed by atoms with van der Waals surface area (Å²) in [5.74, 6) is 0.193. The van der Waals surface area contributed by atoms with E-state index in [0.717, 1.165) is 108 Å². The molecule has 0 fully saturated rings. The molecule has 0 aliphatic heterocycles. The van der Waals surface area contributed by atoms with E-state index in [-0.39, 0.29) is 25.7 Å². The van der Waals surface area contributed by atoms with E-state index in [4.69, 9.17) is 37.0 Å². The maximum atomic E-state index is 13.1. The summed E-state index contributed by atoms with van der Waals surface area (Å²) in [5.41, 5.74) is 0. The van der Waals surface area contributed by atoms with Gasteiger partial charge in [0, 0.05) is 25.7 Å². The van der Waals surface area contributed by atoms with Crippen LogP contribution in [0.5, 0.6) is 0 Å². The molecule has 0 aromatic heterocycles. The van der Waals surface area contributed by atoms with Crippen LogP contribution in [-0.4, -0.2) is 96.7 Å². The van der Waals surface area contributed by atoms with Crippen molar-refractivity contribution in [2.45, 2.75) is 452 Å². The van der Waals surface area contributed by atoms with Crippen LogP contribution in [-0.2, 0) is 65.4 Å². The fourth-order valence-corrected chi connectivity index (χ4v) is 14.4. The Hall–Kier alpha value is -1.94. The maximum absolute atomic E-state index is 13.1. The first kappa shape index (κ1) is 100. The van der Waals surface area contributed by atoms with Crippen molar-refractivity contribution in [3.63, 3.8) is 0 Å². The Morgan fingerprint density at radius 3 is 0.667 bits per heavy atom. The molecule has 0 aromatic rings. The van der Waals surface area contributed by atoms with E-state index in [1.165, 1.54) is 238 Å². The van der Waals surface area contributed by atoms with Gasteiger partial charge in [-0.05, 0) is 43.4 Å². The van der Waals surface area contributed by atoms with Gasteiger partial charge in [0.1, 0.15) is 19.3 Å². The Kier molecular flexibility index (Phi) is 71.8. The number of rotatable bonds is 81. The van der Waals surface area contributed by atoms with Crippen LogP contribution in [0.1, 0.15) is 434 Å². The molecule has 0 rings (SSSR count). The summed E-state index contributed by atoms with van der Waals surface area (Å²) in [6.07, 6.45) is 62.6. The van der Waals surface area contributed by atoms with E-state index in [2.05, 4.69) is 48.5 Å². The van der Waals surface area contributed by atoms with Crippen LogP contribution in [0.2, 0.25) is 0 Å². The highest BCUT2D eigenvalue weighted by Crippen LogP contribution is 2.45. The molecule has 0 radical (unpaired) electrons. The van der Waals surface area contributed by atoms with E-state index < -0.39 is 97.5 Å². The van der Waals surface area contributed by atoms with Gasteiger partial charge in [-0.1, -0.05) is 382 Å². The SMILES string of the molecule is CCCCCCCCCCCCCCCCCCC(=O)OC[C@H](COP(=O)(O)OC[C@@H](O)COP(=O)(O)OC[C@@H](COC(=O)CCCCCCCCCC(C)C)OC(=O)CCCCCCCCCCCCCCC(C)C)OC(=O)CCCCCCCCCCCCCCCCCCCCC(C)C. The number of hydrogen-bond acceptors (Lipinski definition) is 15. The van der Waals surface area contributed by atoms with Gasteiger partial charge < -0.3 is 33.8 Å². The summed E-state index contributed by atoms with van der Waals surface area (Å²) in [4.78, 5) is 73.1. The zero-order valence-electron chi connectivity index (χ0n) is 67.1. The Balaban J connectivity index is 5.23. The summed E-state index contributed by atoms with van der Waals surface area (Å²) < 4.78 is 68.8. The Morgan fingerprint density at radius 2 is 0.451 bits per heavy atom. The lowest BCUT2D eigenvalue weighted by molar-refractivity contribution is -0.161. The molecule has 17 nitrogen and oxygen atoms in total. The smallest absolute Gasteiger partial charge is 0.462 e. The molecule has 0 aliphatic carbocycles. The minimum absolute atomic E-state index is 0.106. The van der Waals surface area contributed by atoms with Gasteiger partial charge in [0.05, 0.1) is 26.4 Å². The number of unbranched alkanes of at least 4 members (excludes halogenated alkanes) is 49. The molecule has 606 valence electrons. The van der Waals surface area contributed by atoms with Crippen molar-refractivity contribution in [3.8, 4) is 0 Å². The highest BCUT2D eigenvalue weighted by Gasteiger charge is 2.30. The van der Waals surface area contributed by atoms with Crippen molar-refractivity contribution in [1.82, 2.24) is 0 Å². The third-order valence-corrected chi connectivity index (χ3v) is 21.3. The molecule has 5 atom stereocenters. The van der Waals surface area contributed by atoms with Crippen LogP contribution >= 0.6 is 15.6 Å². The molecule has 2 unspecified atom stereocenters. The van der Waals surface area contributed by atoms with Gasteiger partial charge in [0.2, 0.25) is 0 Å². The minimum atomic E-state index is -4.96. The van der Waals surface area contributed by atoms with Crippen LogP contribution < -0.4 is 0 Å². The quantitative estimate of drug-likeness (QED) is 0.0222. The van der Waals surface area contributed by atoms with Gasteiger partial charge in [-0.3, -0.25) is 37.3 Å². The molecule has 19 heteroatoms. The van der Waals surface area contributed by atoms with E-state index in [9.17, 15) is 43.2 Å². The number of aliphatic hydroxyl groups excluding tert-OH is 1. The number of carbonyl (C=O) groups is 4. The number of hydrogen-bond donors (Lipinski definition) is 3. The highest BCUT2D eigenvalue weighted by molar-refractivity contribution is 7.47. The first-order valence-corrected chi connectivity index (χ1v) is 45.8. The maximum Gasteiger partial charge on any atom is 0.472 e. The minimum Gasteiger partial charge on any atom is -0.462 e. The largest absolute Gasteiger partial charge is 0.472 e. The van der Waals surface area contributed by atoms with Gasteiger partial charge in [-0.15, -0.1) is 0 Å². The van der Waals surface area contributed by atoms with Crippen molar-refractivity contribution < 1.29 is 80.2 Å². The summed E-state index contributed by atoms with van der Waals surface area (Å²) in [6.45, 7) is 11.9. The molecule has 0 aliphatic rings. The lowest BCUT2D eigenvalue weighted by Crippen LogP contribution is -2.30. The van der Waals surface area contributed by atoms with Gasteiger partial charge in [-0.2, -0.15) is 0 Å². The summed E-state index contributed by atoms with van der Waals surface area (Å²) in [6, 6.07) is 0. The lowest BCUT2D eigenvalue weighted by atomic mass is 10.0. The molecule has 0 saturated heterocycles. The third kappa shape index (κ3) is 76.3. The van der Waals surface area contributed by atoms with Crippen LogP contribution in [0.15, 0.2) is 0 Å². The summed E-state index contributed by atoms with van der Waals surface area (Å²) >= 11 is 0. The van der Waals surface area contributed by atoms with Gasteiger partial charge >= 0.3 is 39.5 Å². The number of phosphoric acid groups is 2. The van der Waals surface area contributed by atoms with Gasteiger partial charge in [0.25, 0.3) is 0 Å². The molecular formula is C83H162O17P2. The standard InChI is InChI=1S/C83H162O17P2/c1-8-9-10-11-12-13-14-15-16-22-25-31-36-43-50-57-64-80(85)93-70-78(99-82(87)66-59-52-44-37-32-26-23-20-18-17-19-21-24-29-34-40-47-54-61-74(2)3)72-97-101(89,90)95-68-77(84)69-96-102(91,92)98-73-79(71-94-81(86)65-58-51-46-39-42-49-56-63-76(6)7)100-83(88)67-60-53-45-38-33-28-27-30-35-41-48-55-62-75(4)5/h74-79,84H,8-73H2,1-7H3,(H,89,90)(H,91,92)/t77-,78-,79-/m1/s1. The van der Waals surface area contributed by atoms with Gasteiger partial charge in [-0.25, -0.2) is 9.13 Å². The number of carbonyl (C=O) groups excluding carboxylic acids is 4. The van der Waals surface area contributed by atoms with Crippen LogP contribution in [0.4, 0.5) is 0 Å². The zero-order chi connectivity index (χ0) is 75.1. The molecule has 3 N–H and O–H groups in total. The third-order valence-electron chi connectivity index (χ3n) is 19.4. The molecular weight excluding hydrogens is 1330 g/mol. The second-order valence-electron chi connectivity index (χ2n) is 31.3. The van der Waals surface area contributed by atoms with E-state index in [0.29, 0.717) is 31.6 Å². The Labute approximate surface area is 626 Å². The number of phosphoric ester groups is 2. The van der Waals surface area contributed by atoms with Gasteiger partial charge in [0.15, 0.2) is 12.2 Å². The monoisotopic (exact) mass is 1490 g/mol. The van der Waals surface area contributed by atoms with Crippen molar-refractivity contribution in [3.05, 3.63) is 0 Å². The lowest BCUT2D eigenvalue weighted by Gasteiger charge is -2.21. The molecule has 0 spiro atoms. The predicted octanol–water partition coefficient (Wildman–Crippen LogP) is 24.9. The summed E-state index contributed by atoms with van der Waals surface area (Å²) in [7, 11) is -9.92. The molecule has 0 heterocycles. The van der Waals surface area contributed by atoms with E-state index in [1.807, 2.05) is 0 Å². The fraction of sp³-hybridized carbons (Fsp3) is 0.952. The highest BCUT2D eigenvalue weighted by atomic mass is 31.2. The fourth-order valence-electron chi connectivity index (χ4n) is 12.8. The van der Waals surface area contributed by atoms with Crippen LogP contribution in [0, 0.1) is 17.8 Å². The van der Waals surface area contributed by atoms with Crippen LogP contribution in [0.3, 0.4) is 0 Å². The number of aliphatic hydroxyl groups is 1. The molecule has 0 aromatic carbocycles. The first-order valence-electron chi connectivity index (χ1n) is 42.8. The molecule has 0 bridgehead atoms. The molecule has 102 heavy (non-hydrogen) atoms. The van der Waals surface area contributed by atoms with Crippen molar-refractivity contribution in [2.24, 2.45) is 17.8 Å². The van der Waals surface area contributed by atoms with Crippen molar-refractivity contribution in [1.29, 1.82) is 0 Å². The molecule has 0 amide bonds. The molecule has 0 saturated carbocycles. The number of ether oxygens (including phenoxy) is 4. The van der Waals surface area contributed by atoms with E-state index in [1.54, 1.807) is 0 Å². The second kappa shape index (κ2) is 73.2. The Bertz CT molecular complexity index is 1970. The summed E-state index contributed by atoms with van der Waals surface area (Å²) in [5, 5.41) is 10.7. The normalized spacial score (nSPS) is 13.9. The number of esters is 4. The predicted molar refractivity (Wildman–Crippen MR) is 418 cm³/mol. The average molecular weight is 1490 g/mol.